The molecule has 1 saturated heterocycles. The molecule has 1 aliphatic heterocycles. The Morgan fingerprint density at radius 2 is 1.91 bits per heavy atom. The van der Waals surface area contributed by atoms with Crippen molar-refractivity contribution in [3.63, 3.8) is 0 Å². The van der Waals surface area contributed by atoms with Crippen molar-refractivity contribution in [1.82, 2.24) is 10.2 Å². The highest BCUT2D eigenvalue weighted by molar-refractivity contribution is 5.85. The SMILES string of the molecule is Cl.Cl.N#CC[C@H](c1cccc(OC(F)(F)F)c1)N1CCNCC1. The first-order valence-electron chi connectivity index (χ1n) is 6.67. The summed E-state index contributed by atoms with van der Waals surface area (Å²) in [4.78, 5) is 2.10. The fourth-order valence-corrected chi connectivity index (χ4v) is 2.46. The van der Waals surface area contributed by atoms with Crippen molar-refractivity contribution in [3.05, 3.63) is 29.8 Å². The standard InChI is InChI=1S/C14H16F3N3O.2ClH/c15-14(16,17)21-12-3-1-2-11(10-12)13(4-5-18)20-8-6-19-7-9-20;;/h1-3,10,13,19H,4,6-9H2;2*1H/t13-;;/m1../s1. The molecular weight excluding hydrogens is 354 g/mol. The zero-order valence-corrected chi connectivity index (χ0v) is 13.8. The third-order valence-electron chi connectivity index (χ3n) is 3.35. The number of nitrogens with one attached hydrogen (secondary N) is 1. The molecule has 0 radical (unpaired) electrons. The van der Waals surface area contributed by atoms with Crippen LogP contribution in [0, 0.1) is 11.3 Å². The van der Waals surface area contributed by atoms with E-state index in [4.69, 9.17) is 5.26 Å². The molecule has 1 N–H and O–H groups in total. The fourth-order valence-electron chi connectivity index (χ4n) is 2.46. The Balaban J connectivity index is 0.00000242. The average Bonchev–Trinajstić information content (AvgIpc) is 2.44. The van der Waals surface area contributed by atoms with Crippen molar-refractivity contribution >= 4 is 24.8 Å². The van der Waals surface area contributed by atoms with E-state index >= 15 is 0 Å². The summed E-state index contributed by atoms with van der Waals surface area (Å²) in [5, 5.41) is 12.2. The van der Waals surface area contributed by atoms with Gasteiger partial charge in [0.1, 0.15) is 5.75 Å². The first-order valence-corrected chi connectivity index (χ1v) is 6.67. The van der Waals surface area contributed by atoms with Crippen LogP contribution in [0.4, 0.5) is 13.2 Å². The van der Waals surface area contributed by atoms with Crippen LogP contribution < -0.4 is 10.1 Å². The summed E-state index contributed by atoms with van der Waals surface area (Å²) < 4.78 is 40.8. The second kappa shape index (κ2) is 9.83. The number of rotatable bonds is 4. The van der Waals surface area contributed by atoms with Gasteiger partial charge in [-0.15, -0.1) is 38.0 Å². The number of hydrogen-bond acceptors (Lipinski definition) is 4. The van der Waals surface area contributed by atoms with Gasteiger partial charge in [0.2, 0.25) is 0 Å². The molecule has 4 nitrogen and oxygen atoms in total. The van der Waals surface area contributed by atoms with Gasteiger partial charge in [0.05, 0.1) is 12.5 Å². The summed E-state index contributed by atoms with van der Waals surface area (Å²) in [6.45, 7) is 3.13. The molecule has 0 amide bonds. The molecule has 1 heterocycles. The third-order valence-corrected chi connectivity index (χ3v) is 3.35. The molecule has 0 saturated carbocycles. The number of hydrogen-bond donors (Lipinski definition) is 1. The molecule has 0 aromatic heterocycles. The van der Waals surface area contributed by atoms with E-state index in [9.17, 15) is 13.2 Å². The zero-order chi connectivity index (χ0) is 15.3. The molecule has 0 bridgehead atoms. The van der Waals surface area contributed by atoms with E-state index in [1.165, 1.54) is 18.2 Å². The minimum Gasteiger partial charge on any atom is -0.406 e. The van der Waals surface area contributed by atoms with Crippen LogP contribution in [0.2, 0.25) is 0 Å². The van der Waals surface area contributed by atoms with E-state index in [0.29, 0.717) is 5.56 Å². The molecule has 2 rings (SSSR count). The maximum Gasteiger partial charge on any atom is 0.573 e. The van der Waals surface area contributed by atoms with Crippen LogP contribution in [0.1, 0.15) is 18.0 Å². The van der Waals surface area contributed by atoms with Crippen molar-refractivity contribution in [2.45, 2.75) is 18.8 Å². The number of piperazine rings is 1. The quantitative estimate of drug-likeness (QED) is 0.881. The second-order valence-electron chi connectivity index (χ2n) is 4.78. The van der Waals surface area contributed by atoms with Crippen LogP contribution in [-0.4, -0.2) is 37.4 Å². The van der Waals surface area contributed by atoms with Crippen LogP contribution in [-0.2, 0) is 0 Å². The van der Waals surface area contributed by atoms with Crippen molar-refractivity contribution in [2.75, 3.05) is 26.2 Å². The Morgan fingerprint density at radius 3 is 2.48 bits per heavy atom. The lowest BCUT2D eigenvalue weighted by Gasteiger charge is -2.34. The van der Waals surface area contributed by atoms with Crippen LogP contribution in [0.15, 0.2) is 24.3 Å². The highest BCUT2D eigenvalue weighted by Gasteiger charge is 2.31. The molecule has 130 valence electrons. The third kappa shape index (κ3) is 6.83. The molecule has 0 unspecified atom stereocenters. The predicted octanol–water partition coefficient (Wildman–Crippen LogP) is 3.29. The van der Waals surface area contributed by atoms with E-state index in [-0.39, 0.29) is 43.0 Å². The Kier molecular flexibility index (Phi) is 9.32. The number of nitrogens with zero attached hydrogens (tertiary/aromatic N) is 2. The Hall–Kier alpha value is -1.20. The molecule has 1 aromatic rings. The summed E-state index contributed by atoms with van der Waals surface area (Å²) in [5.74, 6) is -0.252. The summed E-state index contributed by atoms with van der Waals surface area (Å²) in [6, 6.07) is 7.76. The molecule has 1 aromatic carbocycles. The highest BCUT2D eigenvalue weighted by Crippen LogP contribution is 2.29. The first-order chi connectivity index (χ1) is 9.99. The summed E-state index contributed by atoms with van der Waals surface area (Å²) in [6.07, 6.45) is -4.48. The van der Waals surface area contributed by atoms with Gasteiger partial charge in [0.25, 0.3) is 0 Å². The van der Waals surface area contributed by atoms with Gasteiger partial charge in [-0.2, -0.15) is 5.26 Å². The minimum atomic E-state index is -4.71. The lowest BCUT2D eigenvalue weighted by atomic mass is 10.0. The summed E-state index contributed by atoms with van der Waals surface area (Å²) in [5.41, 5.74) is 0.667. The van der Waals surface area contributed by atoms with E-state index < -0.39 is 6.36 Å². The molecule has 0 aliphatic carbocycles. The van der Waals surface area contributed by atoms with Crippen LogP contribution in [0.25, 0.3) is 0 Å². The maximum absolute atomic E-state index is 12.3. The molecule has 1 fully saturated rings. The molecule has 1 aliphatic rings. The van der Waals surface area contributed by atoms with E-state index in [2.05, 4.69) is 21.0 Å². The normalized spacial score (nSPS) is 16.4. The van der Waals surface area contributed by atoms with E-state index in [0.717, 1.165) is 26.2 Å². The summed E-state index contributed by atoms with van der Waals surface area (Å²) in [7, 11) is 0. The Bertz CT molecular complexity index is 517. The van der Waals surface area contributed by atoms with Gasteiger partial charge in [0, 0.05) is 32.2 Å². The van der Waals surface area contributed by atoms with Crippen molar-refractivity contribution in [1.29, 1.82) is 5.26 Å². The maximum atomic E-state index is 12.3. The molecule has 23 heavy (non-hydrogen) atoms. The Morgan fingerprint density at radius 1 is 1.26 bits per heavy atom. The average molecular weight is 372 g/mol. The monoisotopic (exact) mass is 371 g/mol. The van der Waals surface area contributed by atoms with Crippen LogP contribution >= 0.6 is 24.8 Å². The Labute approximate surface area is 145 Å². The summed E-state index contributed by atoms with van der Waals surface area (Å²) >= 11 is 0. The molecule has 9 heteroatoms. The highest BCUT2D eigenvalue weighted by atomic mass is 35.5. The van der Waals surface area contributed by atoms with Gasteiger partial charge in [-0.05, 0) is 17.7 Å². The number of alkyl halides is 3. The van der Waals surface area contributed by atoms with Gasteiger partial charge >= 0.3 is 6.36 Å². The first kappa shape index (κ1) is 21.8. The largest absolute Gasteiger partial charge is 0.573 e. The zero-order valence-electron chi connectivity index (χ0n) is 12.2. The fraction of sp³-hybridized carbons (Fsp3) is 0.500. The van der Waals surface area contributed by atoms with Gasteiger partial charge in [-0.25, -0.2) is 0 Å². The van der Waals surface area contributed by atoms with Gasteiger partial charge < -0.3 is 10.1 Å². The van der Waals surface area contributed by atoms with Gasteiger partial charge in [-0.1, -0.05) is 12.1 Å². The smallest absolute Gasteiger partial charge is 0.406 e. The molecule has 0 spiro atoms. The lowest BCUT2D eigenvalue weighted by Crippen LogP contribution is -2.45. The van der Waals surface area contributed by atoms with E-state index in [1.54, 1.807) is 6.07 Å². The number of ether oxygens (including phenoxy) is 1. The van der Waals surface area contributed by atoms with E-state index in [1.807, 2.05) is 0 Å². The predicted molar refractivity (Wildman–Crippen MR) is 85.0 cm³/mol. The minimum absolute atomic E-state index is 0. The lowest BCUT2D eigenvalue weighted by molar-refractivity contribution is -0.274. The molecule has 1 atom stereocenters. The molecular formula is C14H18Cl2F3N3O. The van der Waals surface area contributed by atoms with Crippen molar-refractivity contribution < 1.29 is 17.9 Å². The number of halogens is 5. The van der Waals surface area contributed by atoms with Gasteiger partial charge in [0.15, 0.2) is 0 Å². The van der Waals surface area contributed by atoms with Crippen LogP contribution in [0.3, 0.4) is 0 Å². The number of benzene rings is 1. The van der Waals surface area contributed by atoms with Crippen molar-refractivity contribution in [3.8, 4) is 11.8 Å². The van der Waals surface area contributed by atoms with Gasteiger partial charge in [-0.3, -0.25) is 4.90 Å². The topological polar surface area (TPSA) is 48.3 Å². The number of nitriles is 1. The second-order valence-corrected chi connectivity index (χ2v) is 4.78. The van der Waals surface area contributed by atoms with Crippen LogP contribution in [0.5, 0.6) is 5.75 Å². The van der Waals surface area contributed by atoms with Crippen molar-refractivity contribution in [2.24, 2.45) is 0 Å².